The first kappa shape index (κ1) is 24.6. The van der Waals surface area contributed by atoms with Crippen LogP contribution in [0.5, 0.6) is 6.01 Å². The van der Waals surface area contributed by atoms with Gasteiger partial charge in [0.25, 0.3) is 0 Å². The number of nitrogens with two attached hydrogens (primary N) is 1. The molecule has 3 heterocycles. The number of rotatable bonds is 5. The number of methoxy groups -OCH3 is 1. The molecular weight excluding hydrogens is 506 g/mol. The Labute approximate surface area is 216 Å². The number of halogens is 3. The number of fused-ring (bicyclic) bond motifs is 1. The fraction of sp³-hybridized carbons (Fsp3) is 0.320. The maximum absolute atomic E-state index is 16.2. The Hall–Kier alpha value is -3.13. The minimum absolute atomic E-state index is 0.00367. The van der Waals surface area contributed by atoms with E-state index in [-0.39, 0.29) is 48.7 Å². The highest BCUT2D eigenvalue weighted by atomic mass is 35.5. The van der Waals surface area contributed by atoms with Crippen LogP contribution in [0.1, 0.15) is 24.8 Å². The predicted molar refractivity (Wildman–Crippen MR) is 137 cm³/mol. The minimum atomic E-state index is -0.751. The molecule has 0 atom stereocenters. The fourth-order valence-corrected chi connectivity index (χ4v) is 5.88. The Morgan fingerprint density at radius 3 is 2.61 bits per heavy atom. The molecule has 0 unspecified atom stereocenters. The smallest absolute Gasteiger partial charge is 0.318 e. The highest BCUT2D eigenvalue weighted by Crippen LogP contribution is 2.43. The number of piperidine rings is 1. The maximum atomic E-state index is 16.2. The van der Waals surface area contributed by atoms with Crippen LogP contribution in [-0.2, 0) is 0 Å². The van der Waals surface area contributed by atoms with Gasteiger partial charge in [0.05, 0.1) is 27.6 Å². The van der Waals surface area contributed by atoms with Crippen molar-refractivity contribution < 1.29 is 13.5 Å². The van der Waals surface area contributed by atoms with Crippen molar-refractivity contribution in [3.8, 4) is 23.2 Å². The molecule has 2 aliphatic heterocycles. The molecule has 0 bridgehead atoms. The summed E-state index contributed by atoms with van der Waals surface area (Å²) >= 11 is 7.42. The van der Waals surface area contributed by atoms with E-state index in [2.05, 4.69) is 26.8 Å². The third kappa shape index (κ3) is 4.11. The molecule has 3 aromatic rings. The van der Waals surface area contributed by atoms with E-state index < -0.39 is 11.6 Å². The lowest BCUT2D eigenvalue weighted by Gasteiger charge is -2.49. The van der Waals surface area contributed by atoms with Gasteiger partial charge in [0.1, 0.15) is 23.2 Å². The minimum Gasteiger partial charge on any atom is -0.467 e. The largest absolute Gasteiger partial charge is 0.467 e. The third-order valence-corrected chi connectivity index (χ3v) is 8.04. The summed E-state index contributed by atoms with van der Waals surface area (Å²) in [5, 5.41) is 13.9. The second-order valence-corrected chi connectivity index (χ2v) is 10.4. The van der Waals surface area contributed by atoms with Gasteiger partial charge in [-0.05, 0) is 44.0 Å². The first-order chi connectivity index (χ1) is 17.3. The SMILES string of the molecule is C=C(N)Sc1c(F)ccc(-c2c(Cl)cc3c(N4CCC5(CCN5)CC4)nc(OC)nc3c2F)c1C#N. The van der Waals surface area contributed by atoms with Crippen molar-refractivity contribution in [3.63, 3.8) is 0 Å². The summed E-state index contributed by atoms with van der Waals surface area (Å²) in [5.74, 6) is -0.882. The molecule has 0 aliphatic carbocycles. The summed E-state index contributed by atoms with van der Waals surface area (Å²) in [7, 11) is 1.42. The topological polar surface area (TPSA) is 100 Å². The van der Waals surface area contributed by atoms with Crippen LogP contribution in [-0.4, -0.2) is 42.3 Å². The average molecular weight is 529 g/mol. The van der Waals surface area contributed by atoms with Gasteiger partial charge in [0, 0.05) is 35.1 Å². The van der Waals surface area contributed by atoms with Crippen LogP contribution in [0.25, 0.3) is 22.0 Å². The Morgan fingerprint density at radius 2 is 2.03 bits per heavy atom. The number of hydrogen-bond acceptors (Lipinski definition) is 8. The van der Waals surface area contributed by atoms with Crippen molar-refractivity contribution in [3.05, 3.63) is 52.0 Å². The first-order valence-electron chi connectivity index (χ1n) is 11.4. The molecule has 2 aliphatic rings. The molecule has 0 radical (unpaired) electrons. The monoisotopic (exact) mass is 528 g/mol. The quantitative estimate of drug-likeness (QED) is 0.448. The average Bonchev–Trinajstić information content (AvgIpc) is 2.84. The molecule has 2 aromatic carbocycles. The highest BCUT2D eigenvalue weighted by Gasteiger charge is 2.40. The number of thioether (sulfide) groups is 1. The number of benzene rings is 2. The highest BCUT2D eigenvalue weighted by molar-refractivity contribution is 8.03. The molecule has 36 heavy (non-hydrogen) atoms. The van der Waals surface area contributed by atoms with Gasteiger partial charge in [0.2, 0.25) is 0 Å². The summed E-state index contributed by atoms with van der Waals surface area (Å²) in [5.41, 5.74) is 5.80. The third-order valence-electron chi connectivity index (χ3n) is 6.87. The zero-order chi connectivity index (χ0) is 25.6. The van der Waals surface area contributed by atoms with Crippen molar-refractivity contribution in [2.45, 2.75) is 29.7 Å². The normalized spacial score (nSPS) is 16.6. The number of aromatic nitrogens is 2. The molecule has 2 saturated heterocycles. The van der Waals surface area contributed by atoms with Gasteiger partial charge in [-0.1, -0.05) is 29.9 Å². The molecule has 1 aromatic heterocycles. The van der Waals surface area contributed by atoms with Crippen LogP contribution in [0.15, 0.2) is 34.7 Å². The first-order valence-corrected chi connectivity index (χ1v) is 12.6. The molecule has 3 N–H and O–H groups in total. The standard InChI is InChI=1S/C25H23ClF2N6OS/c1-13(30)36-22-16(12-29)14(3-4-18(22)27)19-17(26)11-15-21(20(19)28)32-24(35-2)33-23(15)34-9-6-25(7-10-34)5-8-31-25/h3-4,11,31H,1,5-10,30H2,2H3. The van der Waals surface area contributed by atoms with E-state index in [1.807, 2.05) is 6.07 Å². The van der Waals surface area contributed by atoms with E-state index in [0.29, 0.717) is 11.2 Å². The van der Waals surface area contributed by atoms with Gasteiger partial charge in [-0.15, -0.1) is 0 Å². The van der Waals surface area contributed by atoms with Crippen LogP contribution in [0.4, 0.5) is 14.6 Å². The lowest BCUT2D eigenvalue weighted by atomic mass is 9.79. The predicted octanol–water partition coefficient (Wildman–Crippen LogP) is 4.96. The van der Waals surface area contributed by atoms with Crippen molar-refractivity contribution in [1.29, 1.82) is 5.26 Å². The van der Waals surface area contributed by atoms with Crippen molar-refractivity contribution in [2.24, 2.45) is 5.73 Å². The van der Waals surface area contributed by atoms with E-state index in [1.54, 1.807) is 6.07 Å². The molecular formula is C25H23ClF2N6OS. The lowest BCUT2D eigenvalue weighted by molar-refractivity contribution is 0.163. The summed E-state index contributed by atoms with van der Waals surface area (Å²) in [6.45, 7) is 6.07. The van der Waals surface area contributed by atoms with Crippen LogP contribution >= 0.6 is 23.4 Å². The number of ether oxygens (including phenoxy) is 1. The Kier molecular flexibility index (Phi) is 6.41. The van der Waals surface area contributed by atoms with Gasteiger partial charge in [-0.25, -0.2) is 8.78 Å². The number of hydrogen-bond donors (Lipinski definition) is 2. The Morgan fingerprint density at radius 1 is 1.31 bits per heavy atom. The molecule has 1 spiro atoms. The van der Waals surface area contributed by atoms with Crippen molar-refractivity contribution in [2.75, 3.05) is 31.6 Å². The second-order valence-electron chi connectivity index (χ2n) is 8.90. The van der Waals surface area contributed by atoms with Crippen LogP contribution in [0, 0.1) is 23.0 Å². The van der Waals surface area contributed by atoms with Gasteiger partial charge < -0.3 is 20.7 Å². The molecule has 7 nitrogen and oxygen atoms in total. The maximum Gasteiger partial charge on any atom is 0.318 e. The van der Waals surface area contributed by atoms with Crippen molar-refractivity contribution in [1.82, 2.24) is 15.3 Å². The van der Waals surface area contributed by atoms with E-state index in [0.717, 1.165) is 56.7 Å². The molecule has 5 rings (SSSR count). The van der Waals surface area contributed by atoms with Gasteiger partial charge in [-0.3, -0.25) is 0 Å². The summed E-state index contributed by atoms with van der Waals surface area (Å²) < 4.78 is 36.0. The van der Waals surface area contributed by atoms with Crippen LogP contribution in [0.3, 0.4) is 0 Å². The number of anilines is 1. The number of nitrogens with zero attached hydrogens (tertiary/aromatic N) is 4. The van der Waals surface area contributed by atoms with E-state index >= 15 is 4.39 Å². The zero-order valence-electron chi connectivity index (χ0n) is 19.5. The fourth-order valence-electron chi connectivity index (χ4n) is 4.90. The van der Waals surface area contributed by atoms with Crippen LogP contribution in [0.2, 0.25) is 5.02 Å². The summed E-state index contributed by atoms with van der Waals surface area (Å²) in [4.78, 5) is 10.8. The molecule has 0 saturated carbocycles. The zero-order valence-corrected chi connectivity index (χ0v) is 21.1. The van der Waals surface area contributed by atoms with E-state index in [4.69, 9.17) is 22.1 Å². The van der Waals surface area contributed by atoms with Gasteiger partial charge in [0.15, 0.2) is 5.82 Å². The van der Waals surface area contributed by atoms with Crippen molar-refractivity contribution >= 4 is 40.1 Å². The Bertz CT molecular complexity index is 1430. The summed E-state index contributed by atoms with van der Waals surface area (Å²) in [6.07, 6.45) is 3.04. The molecule has 2 fully saturated rings. The molecule has 0 amide bonds. The Balaban J connectivity index is 1.67. The lowest BCUT2D eigenvalue weighted by Crippen LogP contribution is -2.62. The van der Waals surface area contributed by atoms with Gasteiger partial charge in [-0.2, -0.15) is 15.2 Å². The number of nitriles is 1. The molecule has 186 valence electrons. The van der Waals surface area contributed by atoms with E-state index in [9.17, 15) is 9.65 Å². The van der Waals surface area contributed by atoms with Gasteiger partial charge >= 0.3 is 6.01 Å². The van der Waals surface area contributed by atoms with Crippen LogP contribution < -0.4 is 20.7 Å². The number of nitrogens with one attached hydrogen (secondary N) is 1. The van der Waals surface area contributed by atoms with E-state index in [1.165, 1.54) is 13.2 Å². The summed E-state index contributed by atoms with van der Waals surface area (Å²) in [6, 6.07) is 6.04. The molecule has 11 heteroatoms. The second kappa shape index (κ2) is 9.39.